The molecule has 0 aliphatic rings. The van der Waals surface area contributed by atoms with Gasteiger partial charge in [-0.1, -0.05) is 56.1 Å². The molecule has 1 aromatic heterocycles. The lowest BCUT2D eigenvalue weighted by Crippen LogP contribution is -2.45. The Morgan fingerprint density at radius 2 is 1.67 bits per heavy atom. The summed E-state index contributed by atoms with van der Waals surface area (Å²) in [4.78, 5) is 29.8. The van der Waals surface area contributed by atoms with Crippen molar-refractivity contribution in [1.82, 2.24) is 10.3 Å². The number of aliphatic carboxylic acids is 1. The molecule has 0 bridgehead atoms. The number of ether oxygens (including phenoxy) is 2. The van der Waals surface area contributed by atoms with Crippen LogP contribution in [0.4, 0.5) is 0 Å². The van der Waals surface area contributed by atoms with E-state index in [1.165, 1.54) is 47.7 Å². The Balaban J connectivity index is 1.33. The third-order valence-electron chi connectivity index (χ3n) is 6.58. The number of carbonyl (C=O) groups excluding carboxylic acids is 1. The van der Waals surface area contributed by atoms with E-state index in [4.69, 9.17) is 32.7 Å². The summed E-state index contributed by atoms with van der Waals surface area (Å²) in [6, 6.07) is 17.1. The van der Waals surface area contributed by atoms with Crippen molar-refractivity contribution < 1.29 is 32.6 Å². The molecule has 0 saturated carbocycles. The molecule has 4 rings (SSSR count). The number of thiazole rings is 1. The normalized spacial score (nSPS) is 12.4. The Labute approximate surface area is 276 Å². The first-order chi connectivity index (χ1) is 21.2. The molecule has 1 amide bonds. The predicted octanol–water partition coefficient (Wildman–Crippen LogP) is 6.95. The van der Waals surface area contributed by atoms with E-state index < -0.39 is 27.9 Å². The molecule has 1 unspecified atom stereocenters. The van der Waals surface area contributed by atoms with Gasteiger partial charge in [0, 0.05) is 15.8 Å². The van der Waals surface area contributed by atoms with Crippen molar-refractivity contribution in [2.75, 3.05) is 5.75 Å². The SMILES string of the molecule is CC(C)(C)c1csc(COc2ccc(Cl)c(C(=O)NC(Oc3ccc(CCCS(=O)(=O)c4ccc(Cl)cc4)cc3)C(=O)O)c2)n1. The summed E-state index contributed by atoms with van der Waals surface area (Å²) >= 11 is 13.6. The van der Waals surface area contributed by atoms with E-state index >= 15 is 0 Å². The van der Waals surface area contributed by atoms with Crippen molar-refractivity contribution in [3.05, 3.63) is 104 Å². The highest BCUT2D eigenvalue weighted by molar-refractivity contribution is 7.91. The van der Waals surface area contributed by atoms with Gasteiger partial charge >= 0.3 is 5.97 Å². The Morgan fingerprint density at radius 3 is 2.29 bits per heavy atom. The number of amides is 1. The Kier molecular flexibility index (Phi) is 11.1. The van der Waals surface area contributed by atoms with E-state index in [9.17, 15) is 23.1 Å². The van der Waals surface area contributed by atoms with E-state index in [1.807, 2.05) is 5.38 Å². The summed E-state index contributed by atoms with van der Waals surface area (Å²) in [7, 11) is -3.45. The van der Waals surface area contributed by atoms with Crippen LogP contribution in [-0.4, -0.2) is 42.4 Å². The van der Waals surface area contributed by atoms with E-state index in [-0.39, 0.29) is 39.0 Å². The van der Waals surface area contributed by atoms with Gasteiger partial charge in [-0.3, -0.25) is 4.79 Å². The highest BCUT2D eigenvalue weighted by Crippen LogP contribution is 2.27. The fourth-order valence-corrected chi connectivity index (χ4v) is 6.64. The molecule has 1 heterocycles. The standard InChI is InChI=1S/C32H32Cl2N2O7S2/c1-32(2,3)27-19-44-28(35-27)18-42-23-12-15-26(34)25(17-23)29(37)36-30(31(38)39)43-22-10-6-20(7-11-22)5-4-16-45(40,41)24-13-8-21(33)9-14-24/h6-15,17,19,30H,4-5,16,18H2,1-3H3,(H,36,37)(H,38,39). The molecule has 4 aromatic rings. The van der Waals surface area contributed by atoms with Crippen molar-refractivity contribution in [1.29, 1.82) is 0 Å². The van der Waals surface area contributed by atoms with Crippen LogP contribution in [0.2, 0.25) is 10.0 Å². The van der Waals surface area contributed by atoms with Gasteiger partial charge in [0.2, 0.25) is 0 Å². The van der Waals surface area contributed by atoms with Crippen molar-refractivity contribution in [3.63, 3.8) is 0 Å². The van der Waals surface area contributed by atoms with Crippen LogP contribution >= 0.6 is 34.5 Å². The zero-order chi connectivity index (χ0) is 32.8. The molecule has 1 atom stereocenters. The summed E-state index contributed by atoms with van der Waals surface area (Å²) in [5, 5.41) is 15.4. The number of hydrogen-bond donors (Lipinski definition) is 2. The van der Waals surface area contributed by atoms with Crippen molar-refractivity contribution in [3.8, 4) is 11.5 Å². The van der Waals surface area contributed by atoms with Crippen LogP contribution in [0.25, 0.3) is 0 Å². The maximum absolute atomic E-state index is 13.0. The molecule has 238 valence electrons. The molecule has 9 nitrogen and oxygen atoms in total. The number of carbonyl (C=O) groups is 2. The van der Waals surface area contributed by atoms with Crippen LogP contribution in [0.1, 0.15) is 53.8 Å². The lowest BCUT2D eigenvalue weighted by Gasteiger charge is -2.17. The first-order valence-electron chi connectivity index (χ1n) is 13.9. The first-order valence-corrected chi connectivity index (χ1v) is 17.1. The molecule has 0 aliphatic heterocycles. The van der Waals surface area contributed by atoms with Crippen molar-refractivity contribution >= 4 is 56.3 Å². The second-order valence-corrected chi connectivity index (χ2v) is 15.0. The van der Waals surface area contributed by atoms with Crippen LogP contribution in [0.15, 0.2) is 77.0 Å². The first kappa shape index (κ1) is 34.2. The van der Waals surface area contributed by atoms with Crippen molar-refractivity contribution in [2.24, 2.45) is 0 Å². The van der Waals surface area contributed by atoms with Crippen LogP contribution in [0, 0.1) is 0 Å². The Morgan fingerprint density at radius 1 is 1.00 bits per heavy atom. The largest absolute Gasteiger partial charge is 0.486 e. The molecule has 0 saturated heterocycles. The van der Waals surface area contributed by atoms with Gasteiger partial charge in [-0.2, -0.15) is 0 Å². The number of carboxylic acids is 1. The average Bonchev–Trinajstić information content (AvgIpc) is 3.47. The number of nitrogens with one attached hydrogen (secondary N) is 1. The summed E-state index contributed by atoms with van der Waals surface area (Å²) < 4.78 is 36.5. The summed E-state index contributed by atoms with van der Waals surface area (Å²) in [5.74, 6) is -1.66. The van der Waals surface area contributed by atoms with Gasteiger partial charge in [0.15, 0.2) is 9.84 Å². The molecular formula is C32H32Cl2N2O7S2. The molecular weight excluding hydrogens is 659 g/mol. The summed E-state index contributed by atoms with van der Waals surface area (Å²) in [6.45, 7) is 6.41. The zero-order valence-electron chi connectivity index (χ0n) is 24.8. The molecule has 2 N–H and O–H groups in total. The van der Waals surface area contributed by atoms with Crippen molar-refractivity contribution in [2.45, 2.75) is 56.8 Å². The van der Waals surface area contributed by atoms with Gasteiger partial charge in [0.1, 0.15) is 23.1 Å². The lowest BCUT2D eigenvalue weighted by atomic mass is 9.93. The quantitative estimate of drug-likeness (QED) is 0.144. The Hall–Kier alpha value is -3.64. The summed E-state index contributed by atoms with van der Waals surface area (Å²) in [6.07, 6.45) is -0.854. The number of aromatic nitrogens is 1. The molecule has 3 aromatic carbocycles. The number of rotatable bonds is 13. The highest BCUT2D eigenvalue weighted by Gasteiger charge is 2.24. The van der Waals surface area contributed by atoms with E-state index in [2.05, 4.69) is 31.1 Å². The van der Waals surface area contributed by atoms with Crippen LogP contribution in [-0.2, 0) is 33.1 Å². The lowest BCUT2D eigenvalue weighted by molar-refractivity contribution is -0.146. The van der Waals surface area contributed by atoms with Gasteiger partial charge in [0.05, 0.1) is 26.9 Å². The number of hydrogen-bond acceptors (Lipinski definition) is 8. The van der Waals surface area contributed by atoms with Gasteiger partial charge in [0.25, 0.3) is 12.1 Å². The fraction of sp³-hybridized carbons (Fsp3) is 0.281. The van der Waals surface area contributed by atoms with Crippen LogP contribution in [0.5, 0.6) is 11.5 Å². The van der Waals surface area contributed by atoms with E-state index in [0.717, 1.165) is 16.3 Å². The maximum atomic E-state index is 13.0. The molecule has 0 fully saturated rings. The third-order valence-corrected chi connectivity index (χ3v) is 9.80. The van der Waals surface area contributed by atoms with E-state index in [1.54, 1.807) is 30.3 Å². The van der Waals surface area contributed by atoms with Gasteiger partial charge in [-0.05, 0) is 73.0 Å². The molecule has 45 heavy (non-hydrogen) atoms. The minimum Gasteiger partial charge on any atom is -0.486 e. The average molecular weight is 692 g/mol. The smallest absolute Gasteiger partial charge is 0.366 e. The highest BCUT2D eigenvalue weighted by atomic mass is 35.5. The molecule has 0 aliphatic carbocycles. The monoisotopic (exact) mass is 690 g/mol. The van der Waals surface area contributed by atoms with E-state index in [0.29, 0.717) is 23.6 Å². The second kappa shape index (κ2) is 14.6. The fourth-order valence-electron chi connectivity index (χ4n) is 4.07. The topological polar surface area (TPSA) is 132 Å². The van der Waals surface area contributed by atoms with Gasteiger partial charge in [-0.25, -0.2) is 18.2 Å². The third kappa shape index (κ3) is 9.67. The molecule has 13 heteroatoms. The maximum Gasteiger partial charge on any atom is 0.366 e. The summed E-state index contributed by atoms with van der Waals surface area (Å²) in [5.41, 5.74) is 1.72. The number of sulfone groups is 1. The van der Waals surface area contributed by atoms with Gasteiger partial charge in [-0.15, -0.1) is 11.3 Å². The number of nitrogens with zero attached hydrogens (tertiary/aromatic N) is 1. The van der Waals surface area contributed by atoms with Gasteiger partial charge < -0.3 is 19.9 Å². The predicted molar refractivity (Wildman–Crippen MR) is 174 cm³/mol. The Bertz CT molecular complexity index is 1750. The number of halogens is 2. The number of carboxylic acid groups (broad SMARTS) is 1. The zero-order valence-corrected chi connectivity index (χ0v) is 27.9. The van der Waals surface area contributed by atoms with Crippen LogP contribution < -0.4 is 14.8 Å². The molecule has 0 radical (unpaired) electrons. The number of aryl methyl sites for hydroxylation is 1. The minimum atomic E-state index is -3.45. The molecule has 0 spiro atoms. The second-order valence-electron chi connectivity index (χ2n) is 11.1. The number of benzene rings is 3. The minimum absolute atomic E-state index is 0.0161. The van der Waals surface area contributed by atoms with Crippen LogP contribution in [0.3, 0.4) is 0 Å².